The van der Waals surface area contributed by atoms with Crippen LogP contribution in [-0.2, 0) is 9.59 Å². The van der Waals surface area contributed by atoms with E-state index < -0.39 is 5.97 Å². The number of carbonyl (C=O) groups is 2. The van der Waals surface area contributed by atoms with Gasteiger partial charge < -0.3 is 10.0 Å². The third kappa shape index (κ3) is 5.21. The Balaban J connectivity index is 2.31. The Labute approximate surface area is 116 Å². The van der Waals surface area contributed by atoms with E-state index in [1.54, 1.807) is 0 Å². The maximum Gasteiger partial charge on any atom is 0.306 e. The first-order valence-electron chi connectivity index (χ1n) is 7.40. The van der Waals surface area contributed by atoms with Crippen molar-refractivity contribution in [3.8, 4) is 0 Å². The molecule has 4 heteroatoms. The van der Waals surface area contributed by atoms with Gasteiger partial charge >= 0.3 is 5.97 Å². The van der Waals surface area contributed by atoms with Gasteiger partial charge in [0.25, 0.3) is 0 Å². The summed E-state index contributed by atoms with van der Waals surface area (Å²) in [6, 6.07) is 0.238. The smallest absolute Gasteiger partial charge is 0.306 e. The Morgan fingerprint density at radius 1 is 1.21 bits per heavy atom. The van der Waals surface area contributed by atoms with Gasteiger partial charge in [-0.1, -0.05) is 20.3 Å². The molecule has 0 aromatic rings. The summed E-state index contributed by atoms with van der Waals surface area (Å²) < 4.78 is 0. The lowest BCUT2D eigenvalue weighted by molar-refractivity contribution is -0.143. The van der Waals surface area contributed by atoms with Crippen molar-refractivity contribution >= 4 is 11.9 Å². The molecule has 0 heterocycles. The zero-order valence-corrected chi connectivity index (χ0v) is 12.4. The molecule has 0 radical (unpaired) electrons. The molecule has 1 aliphatic rings. The number of amides is 1. The lowest BCUT2D eigenvalue weighted by Crippen LogP contribution is -2.40. The first-order valence-corrected chi connectivity index (χ1v) is 7.40. The Hall–Kier alpha value is -1.06. The Bertz CT molecular complexity index is 307. The second-order valence-corrected chi connectivity index (χ2v) is 6.13. The first kappa shape index (κ1) is 16.0. The lowest BCUT2D eigenvalue weighted by Gasteiger charge is -2.33. The molecule has 0 bridgehead atoms. The van der Waals surface area contributed by atoms with Crippen LogP contribution in [0.1, 0.15) is 58.8 Å². The normalized spacial score (nSPS) is 23.4. The van der Waals surface area contributed by atoms with Crippen molar-refractivity contribution in [3.05, 3.63) is 0 Å². The van der Waals surface area contributed by atoms with E-state index in [1.807, 2.05) is 11.9 Å². The topological polar surface area (TPSA) is 57.6 Å². The molecule has 0 unspecified atom stereocenters. The minimum absolute atomic E-state index is 0.208. The van der Waals surface area contributed by atoms with Crippen LogP contribution in [0.3, 0.4) is 0 Å². The number of carboxylic acids is 1. The molecule has 19 heavy (non-hydrogen) atoms. The molecule has 0 saturated heterocycles. The maximum absolute atomic E-state index is 12.0. The minimum Gasteiger partial charge on any atom is -0.481 e. The Morgan fingerprint density at radius 2 is 1.79 bits per heavy atom. The van der Waals surface area contributed by atoms with E-state index in [2.05, 4.69) is 13.8 Å². The van der Waals surface area contributed by atoms with Gasteiger partial charge in [-0.3, -0.25) is 9.59 Å². The third-order valence-corrected chi connectivity index (χ3v) is 4.16. The predicted octanol–water partition coefficient (Wildman–Crippen LogP) is 2.91. The van der Waals surface area contributed by atoms with Gasteiger partial charge in [-0.25, -0.2) is 0 Å². The molecule has 1 fully saturated rings. The van der Waals surface area contributed by atoms with Crippen LogP contribution in [0.2, 0.25) is 0 Å². The quantitative estimate of drug-likeness (QED) is 0.806. The highest BCUT2D eigenvalue weighted by atomic mass is 16.4. The summed E-state index contributed by atoms with van der Waals surface area (Å²) in [6.45, 7) is 4.34. The Morgan fingerprint density at radius 3 is 2.26 bits per heavy atom. The molecule has 1 aliphatic carbocycles. The highest BCUT2D eigenvalue weighted by Gasteiger charge is 2.29. The standard InChI is InChI=1S/C15H27NO3/c1-11(2)5-4-6-14(17)16(3)13-9-7-12(8-10-13)15(18)19/h11-13H,4-10H2,1-3H3,(H,18,19). The Kier molecular flexibility index (Phi) is 6.32. The molecular formula is C15H27NO3. The summed E-state index contributed by atoms with van der Waals surface area (Å²) in [5, 5.41) is 8.96. The van der Waals surface area contributed by atoms with E-state index in [9.17, 15) is 9.59 Å². The van der Waals surface area contributed by atoms with Gasteiger partial charge in [-0.15, -0.1) is 0 Å². The SMILES string of the molecule is CC(C)CCCC(=O)N(C)C1CCC(C(=O)O)CC1. The van der Waals surface area contributed by atoms with Crippen molar-refractivity contribution in [3.63, 3.8) is 0 Å². The maximum atomic E-state index is 12.0. The summed E-state index contributed by atoms with van der Waals surface area (Å²) in [7, 11) is 1.86. The summed E-state index contributed by atoms with van der Waals surface area (Å²) in [5.41, 5.74) is 0. The summed E-state index contributed by atoms with van der Waals surface area (Å²) in [4.78, 5) is 24.8. The predicted molar refractivity (Wildman–Crippen MR) is 74.8 cm³/mol. The van der Waals surface area contributed by atoms with E-state index in [0.717, 1.165) is 25.7 Å². The summed E-state index contributed by atoms with van der Waals surface area (Å²) >= 11 is 0. The van der Waals surface area contributed by atoms with E-state index in [1.165, 1.54) is 0 Å². The fraction of sp³-hybridized carbons (Fsp3) is 0.867. The highest BCUT2D eigenvalue weighted by molar-refractivity contribution is 5.76. The van der Waals surface area contributed by atoms with Gasteiger partial charge in [0.15, 0.2) is 0 Å². The van der Waals surface area contributed by atoms with Gasteiger partial charge in [0.1, 0.15) is 0 Å². The largest absolute Gasteiger partial charge is 0.481 e. The number of carboxylic acid groups (broad SMARTS) is 1. The van der Waals surface area contributed by atoms with Crippen LogP contribution in [0.5, 0.6) is 0 Å². The molecule has 1 rings (SSSR count). The van der Waals surface area contributed by atoms with Crippen LogP contribution in [0.15, 0.2) is 0 Å². The van der Waals surface area contributed by atoms with Crippen LogP contribution in [0.4, 0.5) is 0 Å². The minimum atomic E-state index is -0.690. The second kappa shape index (κ2) is 7.51. The molecular weight excluding hydrogens is 242 g/mol. The van der Waals surface area contributed by atoms with E-state index >= 15 is 0 Å². The number of rotatable bonds is 6. The molecule has 4 nitrogen and oxygen atoms in total. The van der Waals surface area contributed by atoms with Crippen LogP contribution in [0, 0.1) is 11.8 Å². The molecule has 0 aliphatic heterocycles. The molecule has 1 amide bonds. The van der Waals surface area contributed by atoms with Crippen LogP contribution in [-0.4, -0.2) is 35.0 Å². The number of hydrogen-bond acceptors (Lipinski definition) is 2. The van der Waals surface area contributed by atoms with E-state index in [4.69, 9.17) is 5.11 Å². The molecule has 1 N–H and O–H groups in total. The van der Waals surface area contributed by atoms with Crippen LogP contribution < -0.4 is 0 Å². The first-order chi connectivity index (χ1) is 8.91. The number of aliphatic carboxylic acids is 1. The van der Waals surface area contributed by atoms with E-state index in [-0.39, 0.29) is 17.9 Å². The molecule has 110 valence electrons. The van der Waals surface area contributed by atoms with Gasteiger partial charge in [0.2, 0.25) is 5.91 Å². The zero-order chi connectivity index (χ0) is 14.4. The molecule has 1 saturated carbocycles. The number of hydrogen-bond donors (Lipinski definition) is 1. The van der Waals surface area contributed by atoms with Crippen LogP contribution in [0.25, 0.3) is 0 Å². The summed E-state index contributed by atoms with van der Waals surface area (Å²) in [5.74, 6) is -0.0476. The molecule has 0 spiro atoms. The fourth-order valence-electron chi connectivity index (χ4n) is 2.75. The third-order valence-electron chi connectivity index (χ3n) is 4.16. The van der Waals surface area contributed by atoms with E-state index in [0.29, 0.717) is 25.2 Å². The zero-order valence-electron chi connectivity index (χ0n) is 12.4. The van der Waals surface area contributed by atoms with Crippen molar-refractivity contribution in [2.45, 2.75) is 64.8 Å². The highest BCUT2D eigenvalue weighted by Crippen LogP contribution is 2.27. The monoisotopic (exact) mass is 269 g/mol. The van der Waals surface area contributed by atoms with Crippen molar-refractivity contribution in [2.75, 3.05) is 7.05 Å². The number of carbonyl (C=O) groups excluding carboxylic acids is 1. The van der Waals surface area contributed by atoms with Crippen molar-refractivity contribution < 1.29 is 14.7 Å². The molecule has 0 atom stereocenters. The van der Waals surface area contributed by atoms with Gasteiger partial charge in [-0.2, -0.15) is 0 Å². The molecule has 0 aromatic heterocycles. The van der Waals surface area contributed by atoms with Crippen molar-refractivity contribution in [1.29, 1.82) is 0 Å². The van der Waals surface area contributed by atoms with Crippen molar-refractivity contribution in [2.24, 2.45) is 11.8 Å². The van der Waals surface area contributed by atoms with Gasteiger partial charge in [-0.05, 0) is 38.0 Å². The second-order valence-electron chi connectivity index (χ2n) is 6.13. The average molecular weight is 269 g/mol. The lowest BCUT2D eigenvalue weighted by atomic mass is 9.85. The van der Waals surface area contributed by atoms with Gasteiger partial charge in [0.05, 0.1) is 5.92 Å². The number of nitrogens with zero attached hydrogens (tertiary/aromatic N) is 1. The molecule has 0 aromatic carbocycles. The van der Waals surface area contributed by atoms with Crippen molar-refractivity contribution in [1.82, 2.24) is 4.90 Å². The fourth-order valence-corrected chi connectivity index (χ4v) is 2.75. The van der Waals surface area contributed by atoms with Gasteiger partial charge in [0, 0.05) is 19.5 Å². The summed E-state index contributed by atoms with van der Waals surface area (Å²) in [6.07, 6.45) is 5.70. The van der Waals surface area contributed by atoms with Crippen LogP contribution >= 0.6 is 0 Å². The average Bonchev–Trinajstić information content (AvgIpc) is 2.37.